The summed E-state index contributed by atoms with van der Waals surface area (Å²) in [5.74, 6) is 0.618. The number of amides is 1. The van der Waals surface area contributed by atoms with Crippen LogP contribution in [0.5, 0.6) is 0 Å². The van der Waals surface area contributed by atoms with Gasteiger partial charge in [0.05, 0.1) is 11.7 Å². The highest BCUT2D eigenvalue weighted by Crippen LogP contribution is 2.27. The molecule has 1 aromatic heterocycles. The van der Waals surface area contributed by atoms with Gasteiger partial charge in [-0.2, -0.15) is 4.98 Å². The molecule has 2 rings (SSSR count). The zero-order valence-corrected chi connectivity index (χ0v) is 15.0. The first-order chi connectivity index (χ1) is 11.2. The van der Waals surface area contributed by atoms with Gasteiger partial charge in [-0.15, -0.1) is 0 Å². The van der Waals surface area contributed by atoms with E-state index in [1.165, 1.54) is 6.20 Å². The third-order valence-electron chi connectivity index (χ3n) is 4.88. The number of nitrogens with one attached hydrogen (secondary N) is 2. The molecule has 24 heavy (non-hydrogen) atoms. The Labute approximate surface area is 143 Å². The van der Waals surface area contributed by atoms with Gasteiger partial charge in [0.15, 0.2) is 0 Å². The van der Waals surface area contributed by atoms with Gasteiger partial charge in [0.2, 0.25) is 5.95 Å². The zero-order valence-electron chi connectivity index (χ0n) is 15.0. The lowest BCUT2D eigenvalue weighted by Gasteiger charge is -2.32. The van der Waals surface area contributed by atoms with Crippen molar-refractivity contribution in [3.05, 3.63) is 11.8 Å². The number of aliphatic hydroxyl groups excluding tert-OH is 1. The van der Waals surface area contributed by atoms with Gasteiger partial charge in [-0.05, 0) is 45.4 Å². The highest BCUT2D eigenvalue weighted by atomic mass is 16.3. The molecule has 5 N–H and O–H groups in total. The van der Waals surface area contributed by atoms with E-state index in [0.29, 0.717) is 24.1 Å². The van der Waals surface area contributed by atoms with Crippen LogP contribution >= 0.6 is 0 Å². The Bertz CT molecular complexity index is 590. The molecule has 1 aromatic rings. The summed E-state index contributed by atoms with van der Waals surface area (Å²) in [7, 11) is 0. The van der Waals surface area contributed by atoms with Crippen molar-refractivity contribution in [1.29, 1.82) is 0 Å². The lowest BCUT2D eigenvalue weighted by atomic mass is 9.85. The molecule has 134 valence electrons. The number of carbonyl (C=O) groups is 1. The Morgan fingerprint density at radius 1 is 1.46 bits per heavy atom. The van der Waals surface area contributed by atoms with Gasteiger partial charge in [-0.3, -0.25) is 4.79 Å². The summed E-state index contributed by atoms with van der Waals surface area (Å²) in [5, 5.41) is 16.6. The molecule has 1 aliphatic carbocycles. The highest BCUT2D eigenvalue weighted by molar-refractivity contribution is 5.97. The van der Waals surface area contributed by atoms with Gasteiger partial charge < -0.3 is 21.5 Å². The molecule has 3 unspecified atom stereocenters. The van der Waals surface area contributed by atoms with Gasteiger partial charge in [0.25, 0.3) is 5.91 Å². The first kappa shape index (κ1) is 18.4. The fourth-order valence-corrected chi connectivity index (χ4v) is 2.75. The van der Waals surface area contributed by atoms with Crippen LogP contribution in [0.25, 0.3) is 0 Å². The molecule has 0 radical (unpaired) electrons. The van der Waals surface area contributed by atoms with Gasteiger partial charge in [-0.25, -0.2) is 4.98 Å². The lowest BCUT2D eigenvalue weighted by Crippen LogP contribution is -2.36. The number of hydrogen-bond acceptors (Lipinski definition) is 6. The van der Waals surface area contributed by atoms with E-state index in [1.807, 2.05) is 0 Å². The van der Waals surface area contributed by atoms with Gasteiger partial charge in [0.1, 0.15) is 5.82 Å². The molecule has 0 aliphatic heterocycles. The Kier molecular flexibility index (Phi) is 5.64. The monoisotopic (exact) mass is 335 g/mol. The van der Waals surface area contributed by atoms with Crippen molar-refractivity contribution >= 4 is 17.7 Å². The SMILES string of the molecule is CCC(C)(C)Nc1ncc(C(N)=O)c(NC2CCC(C)C(O)C2)n1. The number of primary amides is 1. The van der Waals surface area contributed by atoms with Crippen molar-refractivity contribution in [1.82, 2.24) is 9.97 Å². The van der Waals surface area contributed by atoms with E-state index < -0.39 is 5.91 Å². The van der Waals surface area contributed by atoms with Crippen LogP contribution in [0, 0.1) is 5.92 Å². The summed E-state index contributed by atoms with van der Waals surface area (Å²) in [6, 6.07) is 0.0660. The topological polar surface area (TPSA) is 113 Å². The highest BCUT2D eigenvalue weighted by Gasteiger charge is 2.27. The summed E-state index contributed by atoms with van der Waals surface area (Å²) in [5.41, 5.74) is 5.56. The fraction of sp³-hybridized carbons (Fsp3) is 0.706. The second-order valence-electron chi connectivity index (χ2n) is 7.38. The Morgan fingerprint density at radius 2 is 2.17 bits per heavy atom. The van der Waals surface area contributed by atoms with Crippen LogP contribution in [-0.2, 0) is 0 Å². The van der Waals surface area contributed by atoms with Crippen LogP contribution in [0.1, 0.15) is 63.7 Å². The normalized spacial score (nSPS) is 24.5. The second-order valence-corrected chi connectivity index (χ2v) is 7.38. The van der Waals surface area contributed by atoms with Crippen LogP contribution in [0.4, 0.5) is 11.8 Å². The van der Waals surface area contributed by atoms with Gasteiger partial charge >= 0.3 is 0 Å². The van der Waals surface area contributed by atoms with Crippen molar-refractivity contribution in [2.75, 3.05) is 10.6 Å². The quantitative estimate of drug-likeness (QED) is 0.633. The lowest BCUT2D eigenvalue weighted by molar-refractivity contribution is 0.0739. The number of nitrogens with zero attached hydrogens (tertiary/aromatic N) is 2. The number of aromatic nitrogens is 2. The zero-order chi connectivity index (χ0) is 17.9. The minimum atomic E-state index is -0.566. The van der Waals surface area contributed by atoms with Crippen molar-refractivity contribution < 1.29 is 9.90 Å². The van der Waals surface area contributed by atoms with E-state index in [4.69, 9.17) is 5.73 Å². The molecular weight excluding hydrogens is 306 g/mol. The number of hydrogen-bond donors (Lipinski definition) is 4. The van der Waals surface area contributed by atoms with E-state index in [2.05, 4.69) is 48.3 Å². The predicted molar refractivity (Wildman–Crippen MR) is 95.0 cm³/mol. The molecule has 0 bridgehead atoms. The van der Waals surface area contributed by atoms with E-state index in [1.54, 1.807) is 0 Å². The van der Waals surface area contributed by atoms with Gasteiger partial charge in [0, 0.05) is 17.8 Å². The smallest absolute Gasteiger partial charge is 0.254 e. The summed E-state index contributed by atoms with van der Waals surface area (Å²) in [4.78, 5) is 20.3. The summed E-state index contributed by atoms with van der Waals surface area (Å²) < 4.78 is 0. The van der Waals surface area contributed by atoms with E-state index in [9.17, 15) is 9.90 Å². The minimum Gasteiger partial charge on any atom is -0.393 e. The van der Waals surface area contributed by atoms with Crippen molar-refractivity contribution in [3.8, 4) is 0 Å². The molecule has 1 amide bonds. The molecule has 7 nitrogen and oxygen atoms in total. The molecule has 0 saturated heterocycles. The van der Waals surface area contributed by atoms with Crippen LogP contribution < -0.4 is 16.4 Å². The van der Waals surface area contributed by atoms with E-state index in [-0.39, 0.29) is 23.2 Å². The van der Waals surface area contributed by atoms with Crippen molar-refractivity contribution in [2.45, 2.75) is 71.1 Å². The molecule has 1 heterocycles. The standard InChI is InChI=1S/C17H29N5O2/c1-5-17(3,4)22-16-19-9-12(14(18)24)15(21-16)20-11-7-6-10(2)13(23)8-11/h9-11,13,23H,5-8H2,1-4H3,(H2,18,24)(H2,19,20,21,22). The molecule has 3 atom stereocenters. The van der Waals surface area contributed by atoms with Crippen molar-refractivity contribution in [3.63, 3.8) is 0 Å². The van der Waals surface area contributed by atoms with Gasteiger partial charge in [-0.1, -0.05) is 13.8 Å². The van der Waals surface area contributed by atoms with E-state index >= 15 is 0 Å². The van der Waals surface area contributed by atoms with Crippen LogP contribution in [0.3, 0.4) is 0 Å². The molecule has 0 spiro atoms. The second kappa shape index (κ2) is 7.34. The fourth-order valence-electron chi connectivity index (χ4n) is 2.75. The maximum atomic E-state index is 11.7. The molecule has 1 saturated carbocycles. The maximum Gasteiger partial charge on any atom is 0.254 e. The third kappa shape index (κ3) is 4.56. The number of nitrogens with two attached hydrogens (primary N) is 1. The van der Waals surface area contributed by atoms with Crippen LogP contribution in [0.2, 0.25) is 0 Å². The Hall–Kier alpha value is -1.89. The summed E-state index contributed by atoms with van der Waals surface area (Å²) in [6.45, 7) is 8.25. The predicted octanol–water partition coefficient (Wildman–Crippen LogP) is 2.14. The Morgan fingerprint density at radius 3 is 2.75 bits per heavy atom. The minimum absolute atomic E-state index is 0.0660. The average molecular weight is 335 g/mol. The van der Waals surface area contributed by atoms with Crippen LogP contribution in [-0.4, -0.2) is 38.7 Å². The third-order valence-corrected chi connectivity index (χ3v) is 4.88. The number of aliphatic hydroxyl groups is 1. The summed E-state index contributed by atoms with van der Waals surface area (Å²) in [6.07, 6.45) is 4.50. The molecular formula is C17H29N5O2. The number of carbonyl (C=O) groups excluding carboxylic acids is 1. The molecule has 7 heteroatoms. The van der Waals surface area contributed by atoms with E-state index in [0.717, 1.165) is 19.3 Å². The maximum absolute atomic E-state index is 11.7. The molecule has 1 fully saturated rings. The molecule has 0 aromatic carbocycles. The Balaban J connectivity index is 2.20. The first-order valence-electron chi connectivity index (χ1n) is 8.61. The average Bonchev–Trinajstić information content (AvgIpc) is 2.50. The summed E-state index contributed by atoms with van der Waals surface area (Å²) >= 11 is 0. The first-order valence-corrected chi connectivity index (χ1v) is 8.61. The largest absolute Gasteiger partial charge is 0.393 e. The molecule has 1 aliphatic rings. The van der Waals surface area contributed by atoms with Crippen molar-refractivity contribution in [2.24, 2.45) is 11.7 Å². The van der Waals surface area contributed by atoms with Crippen LogP contribution in [0.15, 0.2) is 6.20 Å². The number of rotatable bonds is 6. The number of anilines is 2.